The minimum Gasteiger partial charge on any atom is -0.472 e. The summed E-state index contributed by atoms with van der Waals surface area (Å²) in [6, 6.07) is 8.16. The predicted molar refractivity (Wildman–Crippen MR) is 74.5 cm³/mol. The van der Waals surface area contributed by atoms with Crippen molar-refractivity contribution in [1.29, 1.82) is 0 Å². The average Bonchev–Trinajstić information content (AvgIpc) is 2.78. The molecule has 0 amide bonds. The third-order valence-electron chi connectivity index (χ3n) is 2.50. The van der Waals surface area contributed by atoms with E-state index >= 15 is 0 Å². The molecule has 0 atom stereocenters. The van der Waals surface area contributed by atoms with Gasteiger partial charge in [-0.25, -0.2) is 0 Å². The maximum atomic E-state index is 5.04. The van der Waals surface area contributed by atoms with Gasteiger partial charge < -0.3 is 14.6 Å². The molecule has 0 bridgehead atoms. The van der Waals surface area contributed by atoms with Crippen molar-refractivity contribution in [2.45, 2.75) is 6.54 Å². The minimum absolute atomic E-state index is 0.758. The van der Waals surface area contributed by atoms with Crippen molar-refractivity contribution in [1.82, 2.24) is 0 Å². The fourth-order valence-corrected chi connectivity index (χ4v) is 1.99. The van der Waals surface area contributed by atoms with E-state index in [4.69, 9.17) is 4.42 Å². The van der Waals surface area contributed by atoms with Crippen molar-refractivity contribution in [3.8, 4) is 0 Å². The van der Waals surface area contributed by atoms with Gasteiger partial charge >= 0.3 is 0 Å². The molecule has 2 rings (SSSR count). The van der Waals surface area contributed by atoms with E-state index in [0.29, 0.717) is 0 Å². The van der Waals surface area contributed by atoms with E-state index in [9.17, 15) is 0 Å². The second kappa shape index (κ2) is 5.27. The molecule has 1 heterocycles. The first kappa shape index (κ1) is 12.0. The Labute approximate surface area is 110 Å². The van der Waals surface area contributed by atoms with Crippen LogP contribution in [0, 0.1) is 0 Å². The second-order valence-corrected chi connectivity index (χ2v) is 4.96. The number of furan rings is 1. The first-order valence-electron chi connectivity index (χ1n) is 5.38. The van der Waals surface area contributed by atoms with Crippen molar-refractivity contribution in [2.24, 2.45) is 0 Å². The van der Waals surface area contributed by atoms with E-state index in [1.54, 1.807) is 12.5 Å². The Hall–Kier alpha value is -1.42. The van der Waals surface area contributed by atoms with Crippen LogP contribution in [0.4, 0.5) is 11.4 Å². The van der Waals surface area contributed by atoms with Crippen molar-refractivity contribution >= 4 is 27.3 Å². The van der Waals surface area contributed by atoms with Crippen molar-refractivity contribution in [3.05, 3.63) is 46.8 Å². The van der Waals surface area contributed by atoms with Crippen molar-refractivity contribution < 1.29 is 4.42 Å². The van der Waals surface area contributed by atoms with Crippen LogP contribution in [0.1, 0.15) is 5.56 Å². The maximum absolute atomic E-state index is 5.04. The smallest absolute Gasteiger partial charge is 0.0952 e. The molecule has 1 N–H and O–H groups in total. The van der Waals surface area contributed by atoms with Crippen LogP contribution in [-0.4, -0.2) is 14.1 Å². The number of hydrogen-bond donors (Lipinski definition) is 1. The number of nitrogens with zero attached hydrogens (tertiary/aromatic N) is 1. The Bertz CT molecular complexity index is 480. The van der Waals surface area contributed by atoms with Gasteiger partial charge in [-0.1, -0.05) is 15.9 Å². The lowest BCUT2D eigenvalue weighted by molar-refractivity contribution is 0.564. The zero-order chi connectivity index (χ0) is 12.3. The van der Waals surface area contributed by atoms with Gasteiger partial charge in [0.25, 0.3) is 0 Å². The van der Waals surface area contributed by atoms with E-state index < -0.39 is 0 Å². The molecule has 0 unspecified atom stereocenters. The van der Waals surface area contributed by atoms with Gasteiger partial charge in [-0.2, -0.15) is 0 Å². The Morgan fingerprint density at radius 2 is 2.12 bits per heavy atom. The Morgan fingerprint density at radius 3 is 2.76 bits per heavy atom. The van der Waals surface area contributed by atoms with Gasteiger partial charge in [0.2, 0.25) is 0 Å². The molecular formula is C13H15BrN2O. The molecule has 2 aromatic rings. The number of hydrogen-bond acceptors (Lipinski definition) is 3. The summed E-state index contributed by atoms with van der Waals surface area (Å²) in [6.45, 7) is 0.758. The Morgan fingerprint density at radius 1 is 1.29 bits per heavy atom. The molecule has 0 saturated heterocycles. The average molecular weight is 295 g/mol. The highest BCUT2D eigenvalue weighted by Crippen LogP contribution is 2.28. The Balaban J connectivity index is 2.16. The summed E-state index contributed by atoms with van der Waals surface area (Å²) in [5.74, 6) is 0. The third-order valence-corrected chi connectivity index (χ3v) is 3.00. The monoisotopic (exact) mass is 294 g/mol. The van der Waals surface area contributed by atoms with Gasteiger partial charge in [0.05, 0.1) is 23.9 Å². The molecule has 0 fully saturated rings. The van der Waals surface area contributed by atoms with E-state index in [1.165, 1.54) is 0 Å². The van der Waals surface area contributed by atoms with Crippen molar-refractivity contribution in [3.63, 3.8) is 0 Å². The van der Waals surface area contributed by atoms with Crippen LogP contribution in [-0.2, 0) is 6.54 Å². The quantitative estimate of drug-likeness (QED) is 0.932. The summed E-state index contributed by atoms with van der Waals surface area (Å²) < 4.78 is 6.11. The highest BCUT2D eigenvalue weighted by molar-refractivity contribution is 9.10. The van der Waals surface area contributed by atoms with Gasteiger partial charge in [-0.3, -0.25) is 0 Å². The van der Waals surface area contributed by atoms with Crippen LogP contribution in [0.25, 0.3) is 0 Å². The van der Waals surface area contributed by atoms with Crippen LogP contribution in [0.3, 0.4) is 0 Å². The molecule has 3 nitrogen and oxygen atoms in total. The summed E-state index contributed by atoms with van der Waals surface area (Å²) in [5, 5.41) is 3.41. The predicted octanol–water partition coefficient (Wildman–Crippen LogP) is 3.72. The van der Waals surface area contributed by atoms with Crippen LogP contribution >= 0.6 is 15.9 Å². The number of benzene rings is 1. The molecule has 1 aromatic carbocycles. The molecule has 0 radical (unpaired) electrons. The highest BCUT2D eigenvalue weighted by atomic mass is 79.9. The highest BCUT2D eigenvalue weighted by Gasteiger charge is 2.05. The largest absolute Gasteiger partial charge is 0.472 e. The zero-order valence-electron chi connectivity index (χ0n) is 9.90. The summed E-state index contributed by atoms with van der Waals surface area (Å²) in [7, 11) is 4.07. The molecule has 0 aliphatic carbocycles. The molecule has 0 aliphatic heterocycles. The van der Waals surface area contributed by atoms with E-state index in [-0.39, 0.29) is 0 Å². The summed E-state index contributed by atoms with van der Waals surface area (Å²) in [6.07, 6.45) is 3.44. The third kappa shape index (κ3) is 3.03. The molecule has 4 heteroatoms. The fraction of sp³-hybridized carbons (Fsp3) is 0.231. The lowest BCUT2D eigenvalue weighted by atomic mass is 10.2. The first-order valence-corrected chi connectivity index (χ1v) is 6.18. The van der Waals surface area contributed by atoms with Gasteiger partial charge in [0, 0.05) is 30.7 Å². The van der Waals surface area contributed by atoms with Crippen LogP contribution < -0.4 is 10.2 Å². The first-order chi connectivity index (χ1) is 8.16. The zero-order valence-corrected chi connectivity index (χ0v) is 11.5. The molecule has 17 heavy (non-hydrogen) atoms. The number of halogens is 1. The lowest BCUT2D eigenvalue weighted by Gasteiger charge is -2.18. The topological polar surface area (TPSA) is 28.4 Å². The van der Waals surface area contributed by atoms with E-state index in [2.05, 4.69) is 38.3 Å². The second-order valence-electron chi connectivity index (χ2n) is 4.04. The normalized spacial score (nSPS) is 10.3. The standard InChI is InChI=1S/C13H15BrN2O/c1-16(2)13-4-3-11(14)7-12(13)15-8-10-5-6-17-9-10/h3-7,9,15H,8H2,1-2H3. The number of rotatable bonds is 4. The molecular weight excluding hydrogens is 280 g/mol. The summed E-state index contributed by atoms with van der Waals surface area (Å²) in [5.41, 5.74) is 3.40. The molecule has 0 spiro atoms. The number of anilines is 2. The van der Waals surface area contributed by atoms with Gasteiger partial charge in [-0.15, -0.1) is 0 Å². The Kier molecular flexibility index (Phi) is 3.74. The van der Waals surface area contributed by atoms with E-state index in [0.717, 1.165) is 28.0 Å². The minimum atomic E-state index is 0.758. The van der Waals surface area contributed by atoms with E-state index in [1.807, 2.05) is 26.2 Å². The molecule has 90 valence electrons. The maximum Gasteiger partial charge on any atom is 0.0952 e. The molecule has 1 aromatic heterocycles. The number of nitrogens with one attached hydrogen (secondary N) is 1. The summed E-state index contributed by atoms with van der Waals surface area (Å²) >= 11 is 3.49. The SMILES string of the molecule is CN(C)c1ccc(Br)cc1NCc1ccoc1. The van der Waals surface area contributed by atoms with Crippen LogP contribution in [0.2, 0.25) is 0 Å². The molecule has 0 aliphatic rings. The summed E-state index contributed by atoms with van der Waals surface area (Å²) in [4.78, 5) is 2.09. The van der Waals surface area contributed by atoms with Gasteiger partial charge in [0.1, 0.15) is 0 Å². The van der Waals surface area contributed by atoms with Gasteiger partial charge in [0.15, 0.2) is 0 Å². The lowest BCUT2D eigenvalue weighted by Crippen LogP contribution is -2.12. The molecule has 0 saturated carbocycles. The fourth-order valence-electron chi connectivity index (χ4n) is 1.63. The van der Waals surface area contributed by atoms with Crippen LogP contribution in [0.5, 0.6) is 0 Å². The van der Waals surface area contributed by atoms with Crippen LogP contribution in [0.15, 0.2) is 45.7 Å². The van der Waals surface area contributed by atoms with Crippen molar-refractivity contribution in [2.75, 3.05) is 24.3 Å². The van der Waals surface area contributed by atoms with Gasteiger partial charge in [-0.05, 0) is 24.3 Å².